The number of halogens is 1. The van der Waals surface area contributed by atoms with Gasteiger partial charge in [-0.05, 0) is 45.8 Å². The summed E-state index contributed by atoms with van der Waals surface area (Å²) in [5.41, 5.74) is 1.62. The molecule has 1 aromatic rings. The fourth-order valence-electron chi connectivity index (χ4n) is 2.34. The summed E-state index contributed by atoms with van der Waals surface area (Å²) in [5, 5.41) is 3.57. The summed E-state index contributed by atoms with van der Waals surface area (Å²) >= 11 is 3.49. The van der Waals surface area contributed by atoms with Crippen molar-refractivity contribution in [1.82, 2.24) is 10.3 Å². The van der Waals surface area contributed by atoms with Gasteiger partial charge in [0, 0.05) is 29.5 Å². The molecule has 1 rings (SSSR count). The Morgan fingerprint density at radius 3 is 2.67 bits per heavy atom. The fraction of sp³-hybridized carbons (Fsp3) is 0.667. The minimum Gasteiger partial charge on any atom is -0.314 e. The molecule has 0 saturated heterocycles. The van der Waals surface area contributed by atoms with E-state index in [4.69, 9.17) is 0 Å². The van der Waals surface area contributed by atoms with Crippen LogP contribution in [0.4, 0.5) is 0 Å². The van der Waals surface area contributed by atoms with E-state index in [1.54, 1.807) is 0 Å². The van der Waals surface area contributed by atoms with E-state index in [1.165, 1.54) is 18.4 Å². The number of hydrogen-bond donors (Lipinski definition) is 1. The van der Waals surface area contributed by atoms with Crippen molar-refractivity contribution in [2.24, 2.45) is 5.41 Å². The van der Waals surface area contributed by atoms with Crippen LogP contribution in [0.5, 0.6) is 0 Å². The summed E-state index contributed by atoms with van der Waals surface area (Å²) in [7, 11) is 0. The van der Waals surface area contributed by atoms with Gasteiger partial charge in [0.15, 0.2) is 0 Å². The summed E-state index contributed by atoms with van der Waals surface area (Å²) in [6, 6.07) is 2.72. The SMILES string of the molecule is CCCC(C)(CNC(C)C)Cc1cncc(Br)c1. The zero-order valence-corrected chi connectivity index (χ0v) is 13.5. The first kappa shape index (κ1) is 15.6. The Morgan fingerprint density at radius 2 is 2.11 bits per heavy atom. The number of nitrogens with one attached hydrogen (secondary N) is 1. The third-order valence-electron chi connectivity index (χ3n) is 3.18. The van der Waals surface area contributed by atoms with Gasteiger partial charge in [0.25, 0.3) is 0 Å². The summed E-state index contributed by atoms with van der Waals surface area (Å²) in [6.07, 6.45) is 7.35. The highest BCUT2D eigenvalue weighted by Crippen LogP contribution is 2.28. The lowest BCUT2D eigenvalue weighted by Crippen LogP contribution is -2.37. The van der Waals surface area contributed by atoms with Crippen LogP contribution in [-0.4, -0.2) is 17.6 Å². The first-order chi connectivity index (χ1) is 8.45. The zero-order chi connectivity index (χ0) is 13.6. The standard InChI is InChI=1S/C15H25BrN2/c1-5-6-15(4,11-18-12(2)3)8-13-7-14(16)10-17-9-13/h7,9-10,12,18H,5-6,8,11H2,1-4H3. The van der Waals surface area contributed by atoms with E-state index < -0.39 is 0 Å². The van der Waals surface area contributed by atoms with Gasteiger partial charge in [-0.15, -0.1) is 0 Å². The van der Waals surface area contributed by atoms with Gasteiger partial charge in [-0.2, -0.15) is 0 Å². The van der Waals surface area contributed by atoms with Crippen molar-refractivity contribution < 1.29 is 0 Å². The molecule has 1 N–H and O–H groups in total. The van der Waals surface area contributed by atoms with Gasteiger partial charge in [0.1, 0.15) is 0 Å². The molecule has 102 valence electrons. The number of nitrogens with zero attached hydrogens (tertiary/aromatic N) is 1. The fourth-order valence-corrected chi connectivity index (χ4v) is 2.75. The van der Waals surface area contributed by atoms with Crippen molar-refractivity contribution in [1.29, 1.82) is 0 Å². The van der Waals surface area contributed by atoms with E-state index in [1.807, 2.05) is 12.4 Å². The molecule has 0 bridgehead atoms. The van der Waals surface area contributed by atoms with Gasteiger partial charge in [-0.25, -0.2) is 0 Å². The topological polar surface area (TPSA) is 24.9 Å². The molecule has 0 amide bonds. The molecule has 1 unspecified atom stereocenters. The quantitative estimate of drug-likeness (QED) is 0.816. The predicted octanol–water partition coefficient (Wildman–Crippen LogP) is 4.19. The zero-order valence-electron chi connectivity index (χ0n) is 12.0. The maximum Gasteiger partial charge on any atom is 0.0410 e. The van der Waals surface area contributed by atoms with Gasteiger partial charge in [0.2, 0.25) is 0 Å². The van der Waals surface area contributed by atoms with E-state index in [0.29, 0.717) is 11.5 Å². The second-order valence-electron chi connectivity index (χ2n) is 5.78. The molecule has 1 aromatic heterocycles. The first-order valence-electron chi connectivity index (χ1n) is 6.78. The van der Waals surface area contributed by atoms with Crippen LogP contribution in [0.25, 0.3) is 0 Å². The molecule has 0 aliphatic heterocycles. The second-order valence-corrected chi connectivity index (χ2v) is 6.70. The van der Waals surface area contributed by atoms with E-state index in [2.05, 4.69) is 60.0 Å². The first-order valence-corrected chi connectivity index (χ1v) is 7.57. The molecule has 0 aliphatic carbocycles. The molecule has 0 aliphatic rings. The normalized spacial score (nSPS) is 14.8. The predicted molar refractivity (Wildman–Crippen MR) is 81.8 cm³/mol. The van der Waals surface area contributed by atoms with E-state index in [-0.39, 0.29) is 0 Å². The third kappa shape index (κ3) is 5.49. The Hall–Kier alpha value is -0.410. The third-order valence-corrected chi connectivity index (χ3v) is 3.62. The Bertz CT molecular complexity index is 365. The molecule has 18 heavy (non-hydrogen) atoms. The van der Waals surface area contributed by atoms with Crippen LogP contribution < -0.4 is 5.32 Å². The average Bonchev–Trinajstić information content (AvgIpc) is 2.27. The van der Waals surface area contributed by atoms with Crippen molar-refractivity contribution in [2.75, 3.05) is 6.54 Å². The maximum absolute atomic E-state index is 4.26. The van der Waals surface area contributed by atoms with Gasteiger partial charge in [0.05, 0.1) is 0 Å². The lowest BCUT2D eigenvalue weighted by Gasteiger charge is -2.31. The molecule has 0 spiro atoms. The average molecular weight is 313 g/mol. The minimum atomic E-state index is 0.307. The van der Waals surface area contributed by atoms with Crippen LogP contribution in [0.15, 0.2) is 22.9 Å². The van der Waals surface area contributed by atoms with E-state index in [0.717, 1.165) is 17.4 Å². The maximum atomic E-state index is 4.26. The number of hydrogen-bond acceptors (Lipinski definition) is 2. The van der Waals surface area contributed by atoms with Crippen LogP contribution in [0, 0.1) is 5.41 Å². The lowest BCUT2D eigenvalue weighted by molar-refractivity contribution is 0.267. The van der Waals surface area contributed by atoms with Gasteiger partial charge >= 0.3 is 0 Å². The summed E-state index contributed by atoms with van der Waals surface area (Å²) in [6.45, 7) is 10.1. The molecular formula is C15H25BrN2. The Morgan fingerprint density at radius 1 is 1.39 bits per heavy atom. The van der Waals surface area contributed by atoms with Crippen molar-refractivity contribution in [3.63, 3.8) is 0 Å². The molecule has 3 heteroatoms. The molecule has 0 radical (unpaired) electrons. The number of rotatable bonds is 7. The molecule has 0 saturated carbocycles. The van der Waals surface area contributed by atoms with Crippen molar-refractivity contribution in [3.8, 4) is 0 Å². The van der Waals surface area contributed by atoms with Gasteiger partial charge < -0.3 is 5.32 Å². The Labute approximate surface area is 120 Å². The highest BCUT2D eigenvalue weighted by molar-refractivity contribution is 9.10. The van der Waals surface area contributed by atoms with Crippen LogP contribution in [0.1, 0.15) is 46.1 Å². The molecular weight excluding hydrogens is 288 g/mol. The second kappa shape index (κ2) is 7.25. The number of pyridine rings is 1. The van der Waals surface area contributed by atoms with Crippen LogP contribution >= 0.6 is 15.9 Å². The van der Waals surface area contributed by atoms with E-state index in [9.17, 15) is 0 Å². The molecule has 0 aromatic carbocycles. The monoisotopic (exact) mass is 312 g/mol. The summed E-state index contributed by atoms with van der Waals surface area (Å²) in [4.78, 5) is 4.26. The number of aromatic nitrogens is 1. The lowest BCUT2D eigenvalue weighted by atomic mass is 9.80. The van der Waals surface area contributed by atoms with Gasteiger partial charge in [-0.3, -0.25) is 4.98 Å². The minimum absolute atomic E-state index is 0.307. The van der Waals surface area contributed by atoms with Crippen molar-refractivity contribution in [3.05, 3.63) is 28.5 Å². The molecule has 1 heterocycles. The largest absolute Gasteiger partial charge is 0.314 e. The van der Waals surface area contributed by atoms with Crippen LogP contribution in [0.3, 0.4) is 0 Å². The van der Waals surface area contributed by atoms with Crippen LogP contribution in [0.2, 0.25) is 0 Å². The van der Waals surface area contributed by atoms with Crippen LogP contribution in [-0.2, 0) is 6.42 Å². The highest BCUT2D eigenvalue weighted by Gasteiger charge is 2.24. The molecule has 2 nitrogen and oxygen atoms in total. The molecule has 0 fully saturated rings. The van der Waals surface area contributed by atoms with Gasteiger partial charge in [-0.1, -0.05) is 34.1 Å². The Kier molecular flexibility index (Phi) is 6.30. The van der Waals surface area contributed by atoms with E-state index >= 15 is 0 Å². The van der Waals surface area contributed by atoms with Crippen molar-refractivity contribution in [2.45, 2.75) is 53.0 Å². The highest BCUT2D eigenvalue weighted by atomic mass is 79.9. The smallest absolute Gasteiger partial charge is 0.0410 e. The Balaban J connectivity index is 2.71. The molecule has 1 atom stereocenters. The summed E-state index contributed by atoms with van der Waals surface area (Å²) < 4.78 is 1.07. The summed E-state index contributed by atoms with van der Waals surface area (Å²) in [5.74, 6) is 0. The van der Waals surface area contributed by atoms with Crippen molar-refractivity contribution >= 4 is 15.9 Å².